The van der Waals surface area contributed by atoms with Crippen molar-refractivity contribution in [2.45, 2.75) is 6.92 Å². The van der Waals surface area contributed by atoms with E-state index in [0.717, 1.165) is 36.2 Å². The molecule has 7 heteroatoms. The van der Waals surface area contributed by atoms with Crippen LogP contribution in [0.25, 0.3) is 0 Å². The van der Waals surface area contributed by atoms with Gasteiger partial charge in [0.05, 0.1) is 0 Å². The first-order valence-corrected chi connectivity index (χ1v) is 8.44. The van der Waals surface area contributed by atoms with E-state index < -0.39 is 0 Å². The first-order valence-electron chi connectivity index (χ1n) is 6.91. The van der Waals surface area contributed by atoms with Crippen molar-refractivity contribution >= 4 is 45.4 Å². The van der Waals surface area contributed by atoms with Gasteiger partial charge in [-0.05, 0) is 36.2 Å². The lowest BCUT2D eigenvalue weighted by Gasteiger charge is -2.37. The Balaban J connectivity index is 1.75. The van der Waals surface area contributed by atoms with E-state index in [1.807, 2.05) is 18.2 Å². The van der Waals surface area contributed by atoms with E-state index in [1.165, 1.54) is 22.8 Å². The van der Waals surface area contributed by atoms with Crippen molar-refractivity contribution in [1.82, 2.24) is 4.37 Å². The molecule has 0 saturated carbocycles. The number of anilines is 2. The monoisotopic (exact) mass is 352 g/mol. The van der Waals surface area contributed by atoms with Crippen LogP contribution in [0.4, 0.5) is 10.7 Å². The van der Waals surface area contributed by atoms with Gasteiger partial charge in [0.1, 0.15) is 16.6 Å². The van der Waals surface area contributed by atoms with Gasteiger partial charge in [0.15, 0.2) is 5.15 Å². The zero-order valence-corrected chi connectivity index (χ0v) is 14.3. The Morgan fingerprint density at radius 2 is 1.86 bits per heavy atom. The van der Waals surface area contributed by atoms with Crippen LogP contribution in [0.3, 0.4) is 0 Å². The number of aryl methyl sites for hydroxylation is 1. The Morgan fingerprint density at radius 3 is 2.55 bits per heavy atom. The van der Waals surface area contributed by atoms with Crippen LogP contribution in [0.1, 0.15) is 11.1 Å². The van der Waals surface area contributed by atoms with Gasteiger partial charge in [0.2, 0.25) is 0 Å². The predicted octanol–water partition coefficient (Wildman–Crippen LogP) is 3.96. The van der Waals surface area contributed by atoms with Crippen molar-refractivity contribution in [3.8, 4) is 6.07 Å². The van der Waals surface area contributed by atoms with Gasteiger partial charge in [-0.1, -0.05) is 29.3 Å². The first-order chi connectivity index (χ1) is 10.6. The van der Waals surface area contributed by atoms with Gasteiger partial charge in [-0.2, -0.15) is 9.64 Å². The zero-order chi connectivity index (χ0) is 15.7. The average molecular weight is 353 g/mol. The maximum atomic E-state index is 9.20. The molecule has 3 rings (SSSR count). The molecule has 0 aliphatic carbocycles. The van der Waals surface area contributed by atoms with Crippen LogP contribution in [0.5, 0.6) is 0 Å². The lowest BCUT2D eigenvalue weighted by atomic mass is 10.1. The molecular formula is C15H14Cl2N4S. The Kier molecular flexibility index (Phi) is 4.44. The van der Waals surface area contributed by atoms with Gasteiger partial charge in [0.25, 0.3) is 0 Å². The van der Waals surface area contributed by atoms with Gasteiger partial charge in [-0.25, -0.2) is 0 Å². The second-order valence-electron chi connectivity index (χ2n) is 5.17. The van der Waals surface area contributed by atoms with Gasteiger partial charge >= 0.3 is 0 Å². The second kappa shape index (κ2) is 6.33. The summed E-state index contributed by atoms with van der Waals surface area (Å²) < 4.78 is 4.08. The molecule has 0 radical (unpaired) electrons. The molecule has 0 spiro atoms. The molecule has 1 aromatic carbocycles. The maximum absolute atomic E-state index is 9.20. The van der Waals surface area contributed by atoms with Gasteiger partial charge in [0, 0.05) is 36.9 Å². The van der Waals surface area contributed by atoms with Crippen molar-refractivity contribution < 1.29 is 0 Å². The highest BCUT2D eigenvalue weighted by atomic mass is 35.5. The molecule has 0 bridgehead atoms. The van der Waals surface area contributed by atoms with E-state index in [0.29, 0.717) is 10.7 Å². The Hall–Kier alpha value is -1.48. The van der Waals surface area contributed by atoms with E-state index in [-0.39, 0.29) is 0 Å². The number of halogens is 2. The average Bonchev–Trinajstić information content (AvgIpc) is 2.90. The summed E-state index contributed by atoms with van der Waals surface area (Å²) in [6.45, 7) is 5.51. The Labute approximate surface area is 143 Å². The highest BCUT2D eigenvalue weighted by Crippen LogP contribution is 2.33. The first kappa shape index (κ1) is 15.4. The lowest BCUT2D eigenvalue weighted by Crippen LogP contribution is -2.46. The normalized spacial score (nSPS) is 15.0. The molecule has 2 heterocycles. The Morgan fingerprint density at radius 1 is 1.18 bits per heavy atom. The summed E-state index contributed by atoms with van der Waals surface area (Å²) in [4.78, 5) is 4.50. The molecule has 0 N–H and O–H groups in total. The van der Waals surface area contributed by atoms with E-state index in [1.54, 1.807) is 0 Å². The van der Waals surface area contributed by atoms with Crippen LogP contribution in [0, 0.1) is 18.3 Å². The zero-order valence-electron chi connectivity index (χ0n) is 12.0. The third-order valence-electron chi connectivity index (χ3n) is 3.82. The molecule has 0 unspecified atom stereocenters. The van der Waals surface area contributed by atoms with E-state index in [2.05, 4.69) is 27.2 Å². The van der Waals surface area contributed by atoms with Crippen LogP contribution in [0.2, 0.25) is 10.2 Å². The molecule has 0 amide bonds. The summed E-state index contributed by atoms with van der Waals surface area (Å²) in [6.07, 6.45) is 0. The SMILES string of the molecule is Cc1ccc(Cl)cc1N1CCN(c2snc(Cl)c2C#N)CC1. The van der Waals surface area contributed by atoms with Crippen LogP contribution in [0.15, 0.2) is 18.2 Å². The molecule has 1 aromatic heterocycles. The minimum absolute atomic E-state index is 0.301. The quantitative estimate of drug-likeness (QED) is 0.820. The molecule has 4 nitrogen and oxygen atoms in total. The highest BCUT2D eigenvalue weighted by Gasteiger charge is 2.23. The fourth-order valence-electron chi connectivity index (χ4n) is 2.65. The molecule has 2 aromatic rings. The molecule has 0 atom stereocenters. The lowest BCUT2D eigenvalue weighted by molar-refractivity contribution is 0.655. The van der Waals surface area contributed by atoms with Crippen molar-refractivity contribution in [3.63, 3.8) is 0 Å². The van der Waals surface area contributed by atoms with E-state index >= 15 is 0 Å². The molecule has 1 aliphatic rings. The second-order valence-corrected chi connectivity index (χ2v) is 6.72. The van der Waals surface area contributed by atoms with Gasteiger partial charge in [-0.15, -0.1) is 0 Å². The highest BCUT2D eigenvalue weighted by molar-refractivity contribution is 7.10. The molecule has 1 aliphatic heterocycles. The number of nitriles is 1. The molecule has 114 valence electrons. The smallest absolute Gasteiger partial charge is 0.162 e. The third-order valence-corrected chi connectivity index (χ3v) is 5.34. The topological polar surface area (TPSA) is 43.2 Å². The summed E-state index contributed by atoms with van der Waals surface area (Å²) in [5, 5.41) is 11.1. The number of hydrogen-bond donors (Lipinski definition) is 0. The predicted molar refractivity (Wildman–Crippen MR) is 92.5 cm³/mol. The van der Waals surface area contributed by atoms with Crippen molar-refractivity contribution in [2.24, 2.45) is 0 Å². The summed E-state index contributed by atoms with van der Waals surface area (Å²) in [5.41, 5.74) is 2.88. The van der Waals surface area contributed by atoms with Gasteiger partial charge in [-0.3, -0.25) is 0 Å². The number of rotatable bonds is 2. The van der Waals surface area contributed by atoms with Crippen molar-refractivity contribution in [3.05, 3.63) is 39.5 Å². The number of nitrogens with zero attached hydrogens (tertiary/aromatic N) is 4. The summed E-state index contributed by atoms with van der Waals surface area (Å²) in [5.74, 6) is 0. The van der Waals surface area contributed by atoms with Crippen LogP contribution < -0.4 is 9.80 Å². The fourth-order valence-corrected chi connectivity index (χ4v) is 3.89. The fraction of sp³-hybridized carbons (Fsp3) is 0.333. The summed E-state index contributed by atoms with van der Waals surface area (Å²) in [7, 11) is 0. The minimum atomic E-state index is 0.301. The summed E-state index contributed by atoms with van der Waals surface area (Å²) in [6, 6.07) is 8.11. The van der Waals surface area contributed by atoms with Gasteiger partial charge < -0.3 is 9.80 Å². The number of piperazine rings is 1. The number of benzene rings is 1. The maximum Gasteiger partial charge on any atom is 0.162 e. The summed E-state index contributed by atoms with van der Waals surface area (Å²) >= 11 is 13.4. The molecule has 22 heavy (non-hydrogen) atoms. The Bertz CT molecular complexity index is 720. The molecule has 1 saturated heterocycles. The molecule has 1 fully saturated rings. The number of aromatic nitrogens is 1. The third kappa shape index (κ3) is 2.87. The van der Waals surface area contributed by atoms with Crippen molar-refractivity contribution in [2.75, 3.05) is 36.0 Å². The van der Waals surface area contributed by atoms with E-state index in [9.17, 15) is 5.26 Å². The standard InChI is InChI=1S/C15H14Cl2N4S/c1-10-2-3-11(16)8-13(10)20-4-6-21(7-5-20)15-12(9-18)14(17)19-22-15/h2-3,8H,4-7H2,1H3. The minimum Gasteiger partial charge on any atom is -0.368 e. The number of hydrogen-bond acceptors (Lipinski definition) is 5. The van der Waals surface area contributed by atoms with Crippen molar-refractivity contribution in [1.29, 1.82) is 5.26 Å². The van der Waals surface area contributed by atoms with Crippen LogP contribution >= 0.6 is 34.7 Å². The van der Waals surface area contributed by atoms with Crippen LogP contribution in [-0.4, -0.2) is 30.6 Å². The molecular weight excluding hydrogens is 339 g/mol. The van der Waals surface area contributed by atoms with E-state index in [4.69, 9.17) is 23.2 Å². The van der Waals surface area contributed by atoms with Crippen LogP contribution in [-0.2, 0) is 0 Å². The largest absolute Gasteiger partial charge is 0.368 e.